The van der Waals surface area contributed by atoms with Crippen molar-refractivity contribution in [3.63, 3.8) is 0 Å². The SMILES string of the molecule is c1ccc(-c2nc(-c3ccc(-c4nc(-c5ccccc5)c5ccccc5n4)c4ccccc34)nc3ccccc23)cc1. The highest BCUT2D eigenvalue weighted by molar-refractivity contribution is 6.05. The summed E-state index contributed by atoms with van der Waals surface area (Å²) in [7, 11) is 0. The van der Waals surface area contributed by atoms with Gasteiger partial charge in [-0.15, -0.1) is 0 Å². The predicted octanol–water partition coefficient (Wildman–Crippen LogP) is 9.39. The van der Waals surface area contributed by atoms with Crippen LogP contribution < -0.4 is 0 Å². The topological polar surface area (TPSA) is 51.6 Å². The summed E-state index contributed by atoms with van der Waals surface area (Å²) in [6.45, 7) is 0. The molecule has 0 aliphatic rings. The minimum absolute atomic E-state index is 0.694. The zero-order chi connectivity index (χ0) is 27.9. The van der Waals surface area contributed by atoms with Gasteiger partial charge in [-0.3, -0.25) is 0 Å². The molecular weight excluding hydrogens is 512 g/mol. The molecular formula is C38H24N4. The molecule has 42 heavy (non-hydrogen) atoms. The Bertz CT molecular complexity index is 2080. The second-order valence-corrected chi connectivity index (χ2v) is 10.3. The Hall–Kier alpha value is -5.74. The third kappa shape index (κ3) is 4.09. The van der Waals surface area contributed by atoms with Gasteiger partial charge in [0.2, 0.25) is 0 Å². The van der Waals surface area contributed by atoms with E-state index in [2.05, 4.69) is 84.9 Å². The van der Waals surface area contributed by atoms with Gasteiger partial charge in [0.25, 0.3) is 0 Å². The van der Waals surface area contributed by atoms with Gasteiger partial charge in [0, 0.05) is 33.0 Å². The molecule has 8 rings (SSSR count). The van der Waals surface area contributed by atoms with Crippen molar-refractivity contribution >= 4 is 32.6 Å². The minimum atomic E-state index is 0.694. The summed E-state index contributed by atoms with van der Waals surface area (Å²) in [6, 6.07) is 49.6. The monoisotopic (exact) mass is 536 g/mol. The van der Waals surface area contributed by atoms with Crippen LogP contribution in [0.15, 0.2) is 146 Å². The molecule has 2 aromatic heterocycles. The molecule has 4 heteroatoms. The Labute approximate surface area is 243 Å². The molecule has 0 radical (unpaired) electrons. The average Bonchev–Trinajstić information content (AvgIpc) is 3.07. The number of benzene rings is 6. The maximum absolute atomic E-state index is 5.15. The van der Waals surface area contributed by atoms with Gasteiger partial charge < -0.3 is 0 Å². The first-order valence-electron chi connectivity index (χ1n) is 14.0. The molecule has 0 N–H and O–H groups in total. The molecule has 8 aromatic rings. The molecule has 0 saturated heterocycles. The molecule has 0 atom stereocenters. The van der Waals surface area contributed by atoms with E-state index in [1.54, 1.807) is 0 Å². The lowest BCUT2D eigenvalue weighted by molar-refractivity contribution is 1.23. The van der Waals surface area contributed by atoms with Crippen molar-refractivity contribution in [2.75, 3.05) is 0 Å². The lowest BCUT2D eigenvalue weighted by atomic mass is 9.97. The fourth-order valence-electron chi connectivity index (χ4n) is 5.72. The highest BCUT2D eigenvalue weighted by atomic mass is 14.9. The number of rotatable bonds is 4. The molecule has 4 nitrogen and oxygen atoms in total. The van der Waals surface area contributed by atoms with Crippen molar-refractivity contribution < 1.29 is 0 Å². The summed E-state index contributed by atoms with van der Waals surface area (Å²) < 4.78 is 0. The minimum Gasteiger partial charge on any atom is -0.228 e. The van der Waals surface area contributed by atoms with Gasteiger partial charge in [-0.05, 0) is 35.0 Å². The number of para-hydroxylation sites is 2. The molecule has 0 bridgehead atoms. The Morgan fingerprint density at radius 2 is 0.643 bits per heavy atom. The van der Waals surface area contributed by atoms with Crippen LogP contribution in [0, 0.1) is 0 Å². The first-order valence-corrected chi connectivity index (χ1v) is 14.0. The van der Waals surface area contributed by atoms with Gasteiger partial charge in [0.1, 0.15) is 0 Å². The number of hydrogen-bond acceptors (Lipinski definition) is 4. The highest BCUT2D eigenvalue weighted by Crippen LogP contribution is 2.37. The van der Waals surface area contributed by atoms with Crippen LogP contribution in [0.5, 0.6) is 0 Å². The molecule has 0 amide bonds. The highest BCUT2D eigenvalue weighted by Gasteiger charge is 2.17. The Kier molecular flexibility index (Phi) is 5.75. The van der Waals surface area contributed by atoms with Crippen molar-refractivity contribution in [1.29, 1.82) is 0 Å². The molecule has 196 valence electrons. The van der Waals surface area contributed by atoms with E-state index in [-0.39, 0.29) is 0 Å². The lowest BCUT2D eigenvalue weighted by Gasteiger charge is -2.14. The van der Waals surface area contributed by atoms with Crippen LogP contribution in [0.2, 0.25) is 0 Å². The van der Waals surface area contributed by atoms with Crippen LogP contribution in [0.1, 0.15) is 0 Å². The number of fused-ring (bicyclic) bond motifs is 3. The molecule has 6 aromatic carbocycles. The number of nitrogens with zero attached hydrogens (tertiary/aromatic N) is 4. The zero-order valence-electron chi connectivity index (χ0n) is 22.6. The molecule has 0 spiro atoms. The van der Waals surface area contributed by atoms with Gasteiger partial charge in [-0.2, -0.15) is 0 Å². The summed E-state index contributed by atoms with van der Waals surface area (Å²) >= 11 is 0. The van der Waals surface area contributed by atoms with Gasteiger partial charge in [0.15, 0.2) is 11.6 Å². The second kappa shape index (κ2) is 10.0. The van der Waals surface area contributed by atoms with Gasteiger partial charge in [0.05, 0.1) is 22.4 Å². The average molecular weight is 537 g/mol. The van der Waals surface area contributed by atoms with Gasteiger partial charge >= 0.3 is 0 Å². The third-order valence-electron chi connectivity index (χ3n) is 7.71. The zero-order valence-corrected chi connectivity index (χ0v) is 22.6. The largest absolute Gasteiger partial charge is 0.228 e. The Balaban J connectivity index is 1.36. The van der Waals surface area contributed by atoms with Crippen LogP contribution in [0.4, 0.5) is 0 Å². The van der Waals surface area contributed by atoms with E-state index in [0.29, 0.717) is 11.6 Å². The maximum atomic E-state index is 5.15. The summed E-state index contributed by atoms with van der Waals surface area (Å²) in [4.78, 5) is 20.4. The van der Waals surface area contributed by atoms with Crippen molar-refractivity contribution in [3.05, 3.63) is 146 Å². The quantitative estimate of drug-likeness (QED) is 0.225. The van der Waals surface area contributed by atoms with Crippen molar-refractivity contribution in [2.45, 2.75) is 0 Å². The van der Waals surface area contributed by atoms with E-state index >= 15 is 0 Å². The van der Waals surface area contributed by atoms with Crippen LogP contribution in [-0.4, -0.2) is 19.9 Å². The van der Waals surface area contributed by atoms with E-state index in [9.17, 15) is 0 Å². The summed E-state index contributed by atoms with van der Waals surface area (Å²) in [6.07, 6.45) is 0. The van der Waals surface area contributed by atoms with E-state index in [1.807, 2.05) is 60.7 Å². The standard InChI is InChI=1S/C38H24N4/c1-3-13-25(14-4-1)35-31-19-9-11-21-33(31)39-37(41-35)29-23-24-30(28-18-8-7-17-27(28)29)38-40-34-22-12-10-20-32(34)36(42-38)26-15-5-2-6-16-26/h1-24H. The maximum Gasteiger partial charge on any atom is 0.161 e. The smallest absolute Gasteiger partial charge is 0.161 e. The molecule has 0 saturated carbocycles. The van der Waals surface area contributed by atoms with E-state index < -0.39 is 0 Å². The lowest BCUT2D eigenvalue weighted by Crippen LogP contribution is -1.98. The van der Waals surface area contributed by atoms with Crippen molar-refractivity contribution in [2.24, 2.45) is 0 Å². The van der Waals surface area contributed by atoms with E-state index in [0.717, 1.165) is 66.2 Å². The van der Waals surface area contributed by atoms with Crippen LogP contribution in [-0.2, 0) is 0 Å². The first-order chi connectivity index (χ1) is 20.8. The molecule has 2 heterocycles. The third-order valence-corrected chi connectivity index (χ3v) is 7.71. The van der Waals surface area contributed by atoms with Crippen LogP contribution in [0.3, 0.4) is 0 Å². The molecule has 0 unspecified atom stereocenters. The van der Waals surface area contributed by atoms with Gasteiger partial charge in [-0.1, -0.05) is 121 Å². The predicted molar refractivity (Wildman–Crippen MR) is 172 cm³/mol. The first kappa shape index (κ1) is 24.1. The second-order valence-electron chi connectivity index (χ2n) is 10.3. The van der Waals surface area contributed by atoms with Crippen molar-refractivity contribution in [3.8, 4) is 45.3 Å². The number of aromatic nitrogens is 4. The van der Waals surface area contributed by atoms with Crippen LogP contribution in [0.25, 0.3) is 77.9 Å². The van der Waals surface area contributed by atoms with Gasteiger partial charge in [-0.25, -0.2) is 19.9 Å². The normalized spacial score (nSPS) is 11.3. The number of hydrogen-bond donors (Lipinski definition) is 0. The van der Waals surface area contributed by atoms with E-state index in [1.165, 1.54) is 0 Å². The summed E-state index contributed by atoms with van der Waals surface area (Å²) in [5.41, 5.74) is 7.76. The Morgan fingerprint density at radius 1 is 0.286 bits per heavy atom. The van der Waals surface area contributed by atoms with Crippen LogP contribution >= 0.6 is 0 Å². The Morgan fingerprint density at radius 3 is 1.07 bits per heavy atom. The summed E-state index contributed by atoms with van der Waals surface area (Å²) in [5.74, 6) is 1.39. The molecule has 0 aliphatic heterocycles. The fourth-order valence-corrected chi connectivity index (χ4v) is 5.72. The molecule has 0 fully saturated rings. The summed E-state index contributed by atoms with van der Waals surface area (Å²) in [5, 5.41) is 4.18. The fraction of sp³-hybridized carbons (Fsp3) is 0. The van der Waals surface area contributed by atoms with E-state index in [4.69, 9.17) is 19.9 Å². The van der Waals surface area contributed by atoms with Crippen molar-refractivity contribution in [1.82, 2.24) is 19.9 Å². The molecule has 0 aliphatic carbocycles.